The highest BCUT2D eigenvalue weighted by Crippen LogP contribution is 2.31. The lowest BCUT2D eigenvalue weighted by Gasteiger charge is -2.34. The van der Waals surface area contributed by atoms with Crippen molar-refractivity contribution in [2.45, 2.75) is 82.9 Å². The topological polar surface area (TPSA) is 75.7 Å². The molecular weight excluding hydrogens is 560 g/mol. The van der Waals surface area contributed by atoms with Crippen LogP contribution < -0.4 is 15.0 Å². The van der Waals surface area contributed by atoms with Crippen LogP contribution in [-0.2, 0) is 16.0 Å². The van der Waals surface area contributed by atoms with E-state index in [1.165, 1.54) is 29.7 Å². The fraction of sp³-hybridized carbons (Fsp3) is 0.500. The zero-order valence-corrected chi connectivity index (χ0v) is 24.4. The van der Waals surface area contributed by atoms with Gasteiger partial charge in [0, 0.05) is 48.6 Å². The summed E-state index contributed by atoms with van der Waals surface area (Å²) in [5.41, 5.74) is 0.154. The monoisotopic (exact) mass is 598 g/mol. The summed E-state index contributed by atoms with van der Waals surface area (Å²) in [6.07, 6.45) is 0.634. The SMILES string of the molecule is CCCC(CC/C=C\S(=O)(=O)C(C)C)NC(=O)c1ccc(OC2CCN(c3ccc(C(F)(F)F)cc3)CC2)c(F)c1. The molecule has 0 aromatic heterocycles. The number of hydrogen-bond donors (Lipinski definition) is 1. The number of ether oxygens (including phenoxy) is 1. The first-order valence-electron chi connectivity index (χ1n) is 13.9. The van der Waals surface area contributed by atoms with E-state index in [1.807, 2.05) is 11.8 Å². The second-order valence-electron chi connectivity index (χ2n) is 10.5. The van der Waals surface area contributed by atoms with Gasteiger partial charge in [-0.3, -0.25) is 4.79 Å². The molecule has 0 aliphatic carbocycles. The molecule has 1 saturated heterocycles. The van der Waals surface area contributed by atoms with Gasteiger partial charge in [0.25, 0.3) is 5.91 Å². The lowest BCUT2D eigenvalue weighted by atomic mass is 10.0. The Bertz CT molecular complexity index is 1290. The molecule has 1 aliphatic heterocycles. The van der Waals surface area contributed by atoms with E-state index in [9.17, 15) is 30.8 Å². The summed E-state index contributed by atoms with van der Waals surface area (Å²) in [6.45, 7) is 6.32. The number of amides is 1. The average molecular weight is 599 g/mol. The smallest absolute Gasteiger partial charge is 0.416 e. The molecule has 226 valence electrons. The number of benzene rings is 2. The Morgan fingerprint density at radius 1 is 1.10 bits per heavy atom. The number of carbonyl (C=O) groups excluding carboxylic acids is 1. The van der Waals surface area contributed by atoms with Gasteiger partial charge in [0.15, 0.2) is 21.4 Å². The first-order chi connectivity index (χ1) is 19.3. The molecular formula is C30H38F4N2O4S. The standard InChI is InChI=1S/C30H38F4N2O4S/c1-4-7-24(8-5-6-19-41(38,39)21(2)3)35-29(37)22-9-14-28(27(31)20-22)40-26-15-17-36(18-16-26)25-12-10-23(11-13-25)30(32,33)34/h6,9-14,19-21,24,26H,4-5,7-8,15-18H2,1-3H3,(H,35,37)/b19-6-. The minimum atomic E-state index is -4.38. The molecule has 1 amide bonds. The first-order valence-corrected chi connectivity index (χ1v) is 15.5. The van der Waals surface area contributed by atoms with E-state index < -0.39 is 38.6 Å². The normalized spacial score (nSPS) is 15.9. The number of halogens is 4. The zero-order chi connectivity index (χ0) is 30.2. The van der Waals surface area contributed by atoms with Crippen LogP contribution in [0.3, 0.4) is 0 Å². The van der Waals surface area contributed by atoms with Crippen molar-refractivity contribution in [1.29, 1.82) is 0 Å². The number of allylic oxidation sites excluding steroid dienone is 1. The lowest BCUT2D eigenvalue weighted by molar-refractivity contribution is -0.137. The van der Waals surface area contributed by atoms with Gasteiger partial charge < -0.3 is 15.0 Å². The fourth-order valence-electron chi connectivity index (χ4n) is 4.57. The molecule has 11 heteroatoms. The molecule has 0 radical (unpaired) electrons. The third-order valence-electron chi connectivity index (χ3n) is 7.09. The third kappa shape index (κ3) is 9.48. The van der Waals surface area contributed by atoms with E-state index in [4.69, 9.17) is 4.74 Å². The van der Waals surface area contributed by atoms with E-state index in [1.54, 1.807) is 19.9 Å². The van der Waals surface area contributed by atoms with Crippen molar-refractivity contribution in [3.05, 3.63) is 70.9 Å². The summed E-state index contributed by atoms with van der Waals surface area (Å²) in [5, 5.41) is 3.64. The molecule has 6 nitrogen and oxygen atoms in total. The molecule has 1 aliphatic rings. The van der Waals surface area contributed by atoms with Crippen LogP contribution in [0, 0.1) is 5.82 Å². The molecule has 2 aromatic rings. The first kappa shape index (κ1) is 32.4. The predicted octanol–water partition coefficient (Wildman–Crippen LogP) is 6.91. The van der Waals surface area contributed by atoms with Crippen LogP contribution in [0.4, 0.5) is 23.2 Å². The predicted molar refractivity (Wildman–Crippen MR) is 152 cm³/mol. The van der Waals surface area contributed by atoms with E-state index >= 15 is 0 Å². The van der Waals surface area contributed by atoms with Crippen molar-refractivity contribution in [3.63, 3.8) is 0 Å². The van der Waals surface area contributed by atoms with Gasteiger partial charge >= 0.3 is 6.18 Å². The van der Waals surface area contributed by atoms with Gasteiger partial charge in [-0.25, -0.2) is 12.8 Å². The number of rotatable bonds is 12. The Balaban J connectivity index is 1.52. The Morgan fingerprint density at radius 2 is 1.76 bits per heavy atom. The van der Waals surface area contributed by atoms with Crippen molar-refractivity contribution in [2.75, 3.05) is 18.0 Å². The van der Waals surface area contributed by atoms with Gasteiger partial charge in [-0.15, -0.1) is 0 Å². The van der Waals surface area contributed by atoms with Crippen molar-refractivity contribution in [3.8, 4) is 5.75 Å². The maximum atomic E-state index is 14.9. The van der Waals surface area contributed by atoms with Crippen molar-refractivity contribution < 1.29 is 35.5 Å². The number of carbonyl (C=O) groups is 1. The van der Waals surface area contributed by atoms with Crippen LogP contribution in [0.25, 0.3) is 0 Å². The number of piperidine rings is 1. The summed E-state index contributed by atoms with van der Waals surface area (Å²) in [5.74, 6) is -1.04. The van der Waals surface area contributed by atoms with Crippen LogP contribution >= 0.6 is 0 Å². The molecule has 1 atom stereocenters. The van der Waals surface area contributed by atoms with Crippen molar-refractivity contribution in [1.82, 2.24) is 5.32 Å². The largest absolute Gasteiger partial charge is 0.487 e. The molecule has 1 heterocycles. The highest BCUT2D eigenvalue weighted by molar-refractivity contribution is 7.94. The number of hydrogen-bond acceptors (Lipinski definition) is 5. The van der Waals surface area contributed by atoms with E-state index in [2.05, 4.69) is 5.32 Å². The van der Waals surface area contributed by atoms with Crippen LogP contribution in [-0.4, -0.2) is 44.8 Å². The van der Waals surface area contributed by atoms with Gasteiger partial charge in [0.05, 0.1) is 10.8 Å². The summed E-state index contributed by atoms with van der Waals surface area (Å²) in [7, 11) is -3.27. The molecule has 1 N–H and O–H groups in total. The Kier molecular flexibility index (Phi) is 11.2. The van der Waals surface area contributed by atoms with E-state index in [-0.39, 0.29) is 23.5 Å². The fourth-order valence-corrected chi connectivity index (χ4v) is 5.29. The minimum Gasteiger partial charge on any atom is -0.487 e. The maximum Gasteiger partial charge on any atom is 0.416 e. The number of nitrogens with zero attached hydrogens (tertiary/aromatic N) is 1. The molecule has 1 unspecified atom stereocenters. The summed E-state index contributed by atoms with van der Waals surface area (Å²) in [4.78, 5) is 14.8. The second-order valence-corrected chi connectivity index (χ2v) is 12.9. The summed E-state index contributed by atoms with van der Waals surface area (Å²) < 4.78 is 83.0. The van der Waals surface area contributed by atoms with Gasteiger partial charge in [-0.2, -0.15) is 13.2 Å². The number of sulfone groups is 1. The Morgan fingerprint density at radius 3 is 2.32 bits per heavy atom. The van der Waals surface area contributed by atoms with Crippen LogP contribution in [0.5, 0.6) is 5.75 Å². The maximum absolute atomic E-state index is 14.9. The highest BCUT2D eigenvalue weighted by Gasteiger charge is 2.30. The molecule has 1 fully saturated rings. The average Bonchev–Trinajstić information content (AvgIpc) is 2.92. The third-order valence-corrected chi connectivity index (χ3v) is 8.97. The molecule has 0 saturated carbocycles. The van der Waals surface area contributed by atoms with Gasteiger partial charge in [0.2, 0.25) is 0 Å². The highest BCUT2D eigenvalue weighted by atomic mass is 32.2. The zero-order valence-electron chi connectivity index (χ0n) is 23.6. The molecule has 0 bridgehead atoms. The van der Waals surface area contributed by atoms with Crippen LogP contribution in [0.2, 0.25) is 0 Å². The Labute approximate surface area is 239 Å². The van der Waals surface area contributed by atoms with Gasteiger partial charge in [-0.1, -0.05) is 19.4 Å². The Hall–Kier alpha value is -3.08. The minimum absolute atomic E-state index is 0.0381. The van der Waals surface area contributed by atoms with E-state index in [0.29, 0.717) is 50.9 Å². The number of nitrogens with one attached hydrogen (secondary N) is 1. The van der Waals surface area contributed by atoms with E-state index in [0.717, 1.165) is 24.6 Å². The number of alkyl halides is 3. The molecule has 3 rings (SSSR count). The molecule has 41 heavy (non-hydrogen) atoms. The van der Waals surface area contributed by atoms with Gasteiger partial charge in [0.1, 0.15) is 6.10 Å². The van der Waals surface area contributed by atoms with Crippen molar-refractivity contribution >= 4 is 21.4 Å². The second kappa shape index (κ2) is 14.2. The van der Waals surface area contributed by atoms with Gasteiger partial charge in [-0.05, 0) is 75.6 Å². The van der Waals surface area contributed by atoms with Crippen LogP contribution in [0.15, 0.2) is 53.9 Å². The quantitative estimate of drug-likeness (QED) is 0.269. The summed E-state index contributed by atoms with van der Waals surface area (Å²) >= 11 is 0. The molecule has 0 spiro atoms. The lowest BCUT2D eigenvalue weighted by Crippen LogP contribution is -2.38. The molecule has 2 aromatic carbocycles. The van der Waals surface area contributed by atoms with Crippen molar-refractivity contribution in [2.24, 2.45) is 0 Å². The summed E-state index contributed by atoms with van der Waals surface area (Å²) in [6, 6.07) is 8.91. The van der Waals surface area contributed by atoms with Crippen LogP contribution in [0.1, 0.15) is 75.2 Å². The number of anilines is 1.